The molecule has 0 aliphatic heterocycles. The highest BCUT2D eigenvalue weighted by Crippen LogP contribution is 2.33. The van der Waals surface area contributed by atoms with Gasteiger partial charge in [-0.3, -0.25) is 9.59 Å². The molecule has 0 saturated carbocycles. The maximum Gasteiger partial charge on any atom is 0.416 e. The van der Waals surface area contributed by atoms with E-state index in [1.165, 1.54) is 47.5 Å². The summed E-state index contributed by atoms with van der Waals surface area (Å²) in [5.74, 6) is 0. The number of hydrogen-bond acceptors (Lipinski definition) is 2. The zero-order valence-electron chi connectivity index (χ0n) is 17.6. The summed E-state index contributed by atoms with van der Waals surface area (Å²) in [7, 11) is 3.08. The van der Waals surface area contributed by atoms with E-state index < -0.39 is 34.3 Å². The third kappa shape index (κ3) is 3.08. The number of hydrogen-bond donors (Lipinski definition) is 0. The average Bonchev–Trinajstić information content (AvgIpc) is 2.78. The molecule has 0 atom stereocenters. The summed E-state index contributed by atoms with van der Waals surface area (Å²) in [5, 5.41) is -0.0965. The fourth-order valence-electron chi connectivity index (χ4n) is 4.42. The van der Waals surface area contributed by atoms with E-state index in [4.69, 9.17) is 0 Å². The molecular weight excluding hydrogens is 462 g/mol. The van der Waals surface area contributed by atoms with Crippen LogP contribution in [0.3, 0.4) is 0 Å². The van der Waals surface area contributed by atoms with Crippen molar-refractivity contribution in [2.45, 2.75) is 12.4 Å². The van der Waals surface area contributed by atoms with E-state index in [1.807, 2.05) is 0 Å². The molecule has 0 saturated heterocycles. The third-order valence-corrected chi connectivity index (χ3v) is 6.19. The molecule has 2 aromatic heterocycles. The zero-order valence-corrected chi connectivity index (χ0v) is 17.6. The lowest BCUT2D eigenvalue weighted by atomic mass is 10.0. The van der Waals surface area contributed by atoms with E-state index in [2.05, 4.69) is 0 Å². The van der Waals surface area contributed by atoms with Gasteiger partial charge in [-0.05, 0) is 48.5 Å². The van der Waals surface area contributed by atoms with Crippen LogP contribution in [-0.4, -0.2) is 9.13 Å². The van der Waals surface area contributed by atoms with E-state index in [0.29, 0.717) is 0 Å². The van der Waals surface area contributed by atoms with E-state index in [-0.39, 0.29) is 43.6 Å². The van der Waals surface area contributed by atoms with Gasteiger partial charge in [0.1, 0.15) is 0 Å². The van der Waals surface area contributed by atoms with E-state index >= 15 is 0 Å². The first kappa shape index (κ1) is 22.0. The van der Waals surface area contributed by atoms with E-state index in [0.717, 1.165) is 24.3 Å². The van der Waals surface area contributed by atoms with Crippen LogP contribution in [-0.2, 0) is 26.4 Å². The number of aromatic nitrogens is 2. The summed E-state index contributed by atoms with van der Waals surface area (Å²) >= 11 is 0. The number of nitrogens with zero attached hydrogens (tertiary/aromatic N) is 2. The standard InChI is InChI=1S/C24H14F6N2O2/c1-31-17-5-3-11(23(25,26)27)7-13(17)21(33)15-10-20-16(9-19(15)31)22(34)14-8-12(24(28,29)30)4-6-18(14)32(20)2/h3-10H,1-2H3. The molecule has 0 aliphatic carbocycles. The Morgan fingerprint density at radius 2 is 0.853 bits per heavy atom. The largest absolute Gasteiger partial charge is 0.416 e. The number of aryl methyl sites for hydroxylation is 2. The molecule has 174 valence electrons. The first-order chi connectivity index (χ1) is 15.8. The summed E-state index contributed by atoms with van der Waals surface area (Å²) in [5.41, 5.74) is -2.22. The Hall–Kier alpha value is -3.82. The van der Waals surface area contributed by atoms with Gasteiger partial charge in [0.25, 0.3) is 0 Å². The molecule has 5 aromatic rings. The summed E-state index contributed by atoms with van der Waals surface area (Å²) < 4.78 is 82.2. The zero-order chi connectivity index (χ0) is 24.7. The number of fused-ring (bicyclic) bond motifs is 4. The Kier molecular flexibility index (Phi) is 4.43. The predicted octanol–water partition coefficient (Wildman–Crippen LogP) is 5.73. The number of benzene rings is 3. The van der Waals surface area contributed by atoms with Crippen molar-refractivity contribution in [2.24, 2.45) is 14.1 Å². The third-order valence-electron chi connectivity index (χ3n) is 6.19. The molecule has 3 aromatic carbocycles. The van der Waals surface area contributed by atoms with Crippen LogP contribution in [0.4, 0.5) is 26.3 Å². The maximum absolute atomic E-state index is 13.2. The Morgan fingerprint density at radius 1 is 0.529 bits per heavy atom. The van der Waals surface area contributed by atoms with Crippen molar-refractivity contribution in [3.05, 3.63) is 80.1 Å². The minimum Gasteiger partial charge on any atom is -0.343 e. The normalized spacial score (nSPS) is 12.9. The molecule has 5 rings (SSSR count). The van der Waals surface area contributed by atoms with E-state index in [9.17, 15) is 35.9 Å². The number of alkyl halides is 6. The van der Waals surface area contributed by atoms with Gasteiger partial charge in [-0.15, -0.1) is 0 Å². The first-order valence-electron chi connectivity index (χ1n) is 9.96. The molecule has 0 amide bonds. The molecule has 2 heterocycles. The van der Waals surface area contributed by atoms with Crippen LogP contribution in [0.2, 0.25) is 0 Å². The molecule has 0 aliphatic rings. The first-order valence-corrected chi connectivity index (χ1v) is 9.96. The van der Waals surface area contributed by atoms with Crippen molar-refractivity contribution in [3.8, 4) is 0 Å². The Labute approximate surface area is 186 Å². The summed E-state index contributed by atoms with van der Waals surface area (Å²) in [6, 6.07) is 8.45. The molecule has 0 unspecified atom stereocenters. The van der Waals surface area contributed by atoms with Crippen molar-refractivity contribution >= 4 is 43.6 Å². The lowest BCUT2D eigenvalue weighted by Gasteiger charge is -2.16. The Balaban J connectivity index is 1.94. The van der Waals surface area contributed by atoms with Crippen LogP contribution in [0.5, 0.6) is 0 Å². The monoisotopic (exact) mass is 476 g/mol. The van der Waals surface area contributed by atoms with Gasteiger partial charge in [0.2, 0.25) is 0 Å². The van der Waals surface area contributed by atoms with E-state index in [1.54, 1.807) is 0 Å². The van der Waals surface area contributed by atoms with Gasteiger partial charge < -0.3 is 9.13 Å². The molecule has 0 bridgehead atoms. The fourth-order valence-corrected chi connectivity index (χ4v) is 4.42. The Bertz CT molecular complexity index is 1660. The van der Waals surface area contributed by atoms with Crippen molar-refractivity contribution in [1.82, 2.24) is 9.13 Å². The SMILES string of the molecule is Cn1c2ccc(C(F)(F)F)cc2c(=O)c2cc3c(cc21)c(=O)c1cc(C(F)(F)F)ccc1n3C. The van der Waals surface area contributed by atoms with Crippen LogP contribution in [0.15, 0.2) is 58.1 Å². The highest BCUT2D eigenvalue weighted by atomic mass is 19.4. The molecule has 10 heteroatoms. The molecule has 0 fully saturated rings. The second-order valence-electron chi connectivity index (χ2n) is 8.12. The number of halogens is 6. The lowest BCUT2D eigenvalue weighted by molar-refractivity contribution is -0.138. The van der Waals surface area contributed by atoms with Crippen LogP contribution in [0.1, 0.15) is 11.1 Å². The molecule has 4 nitrogen and oxygen atoms in total. The second-order valence-corrected chi connectivity index (χ2v) is 8.12. The van der Waals surface area contributed by atoms with Crippen molar-refractivity contribution < 1.29 is 26.3 Å². The number of pyridine rings is 2. The summed E-state index contributed by atoms with van der Waals surface area (Å²) in [4.78, 5) is 26.4. The van der Waals surface area contributed by atoms with Crippen molar-refractivity contribution in [1.29, 1.82) is 0 Å². The minimum atomic E-state index is -4.63. The van der Waals surface area contributed by atoms with Crippen LogP contribution in [0.25, 0.3) is 43.6 Å². The van der Waals surface area contributed by atoms with Gasteiger partial charge in [-0.1, -0.05) is 0 Å². The lowest BCUT2D eigenvalue weighted by Crippen LogP contribution is -2.15. The van der Waals surface area contributed by atoms with Gasteiger partial charge >= 0.3 is 12.4 Å². The predicted molar refractivity (Wildman–Crippen MR) is 117 cm³/mol. The summed E-state index contributed by atoms with van der Waals surface area (Å²) in [6.07, 6.45) is -9.26. The van der Waals surface area contributed by atoms with Gasteiger partial charge in [0.15, 0.2) is 10.9 Å². The molecule has 0 radical (unpaired) electrons. The minimum absolute atomic E-state index is 0.0862. The molecule has 34 heavy (non-hydrogen) atoms. The van der Waals surface area contributed by atoms with Crippen molar-refractivity contribution in [3.63, 3.8) is 0 Å². The Morgan fingerprint density at radius 3 is 1.18 bits per heavy atom. The highest BCUT2D eigenvalue weighted by molar-refractivity contribution is 6.03. The second kappa shape index (κ2) is 6.85. The fraction of sp³-hybridized carbons (Fsp3) is 0.167. The van der Waals surface area contributed by atoms with Gasteiger partial charge in [0.05, 0.1) is 33.2 Å². The smallest absolute Gasteiger partial charge is 0.343 e. The average molecular weight is 476 g/mol. The van der Waals surface area contributed by atoms with Gasteiger partial charge in [-0.25, -0.2) is 0 Å². The van der Waals surface area contributed by atoms with Gasteiger partial charge in [-0.2, -0.15) is 26.3 Å². The number of rotatable bonds is 0. The summed E-state index contributed by atoms with van der Waals surface area (Å²) in [6.45, 7) is 0. The molecule has 0 N–H and O–H groups in total. The van der Waals surface area contributed by atoms with Crippen molar-refractivity contribution in [2.75, 3.05) is 0 Å². The molecule has 0 spiro atoms. The molecular formula is C24H14F6N2O2. The highest BCUT2D eigenvalue weighted by Gasteiger charge is 2.32. The van der Waals surface area contributed by atoms with Crippen LogP contribution in [0, 0.1) is 0 Å². The van der Waals surface area contributed by atoms with Crippen LogP contribution < -0.4 is 10.9 Å². The van der Waals surface area contributed by atoms with Crippen LogP contribution >= 0.6 is 0 Å². The van der Waals surface area contributed by atoms with Gasteiger partial charge in [0, 0.05) is 35.6 Å². The topological polar surface area (TPSA) is 44.0 Å². The maximum atomic E-state index is 13.2. The quantitative estimate of drug-likeness (QED) is 0.212.